The van der Waals surface area contributed by atoms with E-state index in [-0.39, 0.29) is 10.7 Å². The predicted molar refractivity (Wildman–Crippen MR) is 120 cm³/mol. The monoisotopic (exact) mass is 433 g/mol. The Balaban J connectivity index is 1.54. The number of aliphatic hydroxyl groups excluding tert-OH is 1. The first-order chi connectivity index (χ1) is 14.9. The molecule has 31 heavy (non-hydrogen) atoms. The van der Waals surface area contributed by atoms with Gasteiger partial charge in [-0.3, -0.25) is 4.72 Å². The molecule has 0 aliphatic heterocycles. The molecule has 0 aliphatic carbocycles. The molecule has 2 N–H and O–H groups in total. The maximum atomic E-state index is 13.2. The summed E-state index contributed by atoms with van der Waals surface area (Å²) in [6.45, 7) is 0. The molecule has 0 saturated carbocycles. The van der Waals surface area contributed by atoms with Crippen molar-refractivity contribution in [1.82, 2.24) is 0 Å². The van der Waals surface area contributed by atoms with Crippen molar-refractivity contribution in [3.05, 3.63) is 120 Å². The summed E-state index contributed by atoms with van der Waals surface area (Å²) in [7, 11) is -3.82. The summed E-state index contributed by atoms with van der Waals surface area (Å²) in [4.78, 5) is 0.0997. The van der Waals surface area contributed by atoms with E-state index in [0.29, 0.717) is 16.8 Å². The molecule has 4 aromatic rings. The molecule has 6 heteroatoms. The van der Waals surface area contributed by atoms with Crippen molar-refractivity contribution in [2.24, 2.45) is 0 Å². The first-order valence-corrected chi connectivity index (χ1v) is 11.1. The molecule has 0 spiro atoms. The van der Waals surface area contributed by atoms with Crippen LogP contribution in [0.3, 0.4) is 0 Å². The molecule has 1 unspecified atom stereocenters. The molecule has 0 saturated heterocycles. The minimum atomic E-state index is -3.82. The van der Waals surface area contributed by atoms with Crippen LogP contribution in [0, 0.1) is 5.82 Å². The van der Waals surface area contributed by atoms with Crippen LogP contribution in [0.1, 0.15) is 17.2 Å². The summed E-state index contributed by atoms with van der Waals surface area (Å²) in [5.74, 6) is -0.352. The van der Waals surface area contributed by atoms with Crippen LogP contribution >= 0.6 is 0 Å². The van der Waals surface area contributed by atoms with Gasteiger partial charge < -0.3 is 5.11 Å². The van der Waals surface area contributed by atoms with Gasteiger partial charge in [0.1, 0.15) is 11.9 Å². The van der Waals surface area contributed by atoms with Crippen molar-refractivity contribution in [1.29, 1.82) is 0 Å². The first kappa shape index (κ1) is 20.8. The number of rotatable bonds is 6. The summed E-state index contributed by atoms with van der Waals surface area (Å²) in [5, 5.41) is 10.5. The van der Waals surface area contributed by atoms with Gasteiger partial charge in [-0.2, -0.15) is 0 Å². The van der Waals surface area contributed by atoms with Crippen LogP contribution < -0.4 is 4.72 Å². The second-order valence-electron chi connectivity index (χ2n) is 7.08. The lowest BCUT2D eigenvalue weighted by Crippen LogP contribution is -2.13. The minimum Gasteiger partial charge on any atom is -0.384 e. The van der Waals surface area contributed by atoms with Gasteiger partial charge in [0.25, 0.3) is 10.0 Å². The van der Waals surface area contributed by atoms with E-state index in [2.05, 4.69) is 4.72 Å². The Morgan fingerprint density at radius 3 is 2.03 bits per heavy atom. The van der Waals surface area contributed by atoms with E-state index < -0.39 is 16.1 Å². The lowest BCUT2D eigenvalue weighted by atomic mass is 10.0. The van der Waals surface area contributed by atoms with E-state index in [1.54, 1.807) is 54.6 Å². The highest BCUT2D eigenvalue weighted by Gasteiger charge is 2.16. The van der Waals surface area contributed by atoms with Crippen molar-refractivity contribution in [2.75, 3.05) is 4.72 Å². The summed E-state index contributed by atoms with van der Waals surface area (Å²) in [6.07, 6.45) is -0.792. The van der Waals surface area contributed by atoms with Gasteiger partial charge >= 0.3 is 0 Å². The molecule has 0 aromatic heterocycles. The topological polar surface area (TPSA) is 66.4 Å². The van der Waals surface area contributed by atoms with Gasteiger partial charge in [-0.25, -0.2) is 12.8 Å². The fraction of sp³-hybridized carbons (Fsp3) is 0.0400. The van der Waals surface area contributed by atoms with Crippen LogP contribution in [0.2, 0.25) is 0 Å². The average molecular weight is 434 g/mol. The number of anilines is 1. The lowest BCUT2D eigenvalue weighted by Gasteiger charge is -2.13. The number of sulfonamides is 1. The van der Waals surface area contributed by atoms with Crippen LogP contribution in [-0.2, 0) is 10.0 Å². The Morgan fingerprint density at radius 2 is 1.35 bits per heavy atom. The molecule has 0 fully saturated rings. The Hall–Kier alpha value is -3.48. The number of aliphatic hydroxyl groups is 1. The van der Waals surface area contributed by atoms with E-state index >= 15 is 0 Å². The van der Waals surface area contributed by atoms with Gasteiger partial charge in [0.05, 0.1) is 4.90 Å². The van der Waals surface area contributed by atoms with Gasteiger partial charge in [-0.05, 0) is 58.7 Å². The van der Waals surface area contributed by atoms with Gasteiger partial charge in [0.2, 0.25) is 0 Å². The van der Waals surface area contributed by atoms with Crippen LogP contribution in [0.5, 0.6) is 0 Å². The molecular formula is C25H20FNO3S. The van der Waals surface area contributed by atoms with Crippen molar-refractivity contribution >= 4 is 15.7 Å². The van der Waals surface area contributed by atoms with Crippen LogP contribution in [0.15, 0.2) is 108 Å². The number of hydrogen-bond acceptors (Lipinski definition) is 3. The van der Waals surface area contributed by atoms with E-state index in [1.165, 1.54) is 18.2 Å². The molecule has 4 rings (SSSR count). The molecule has 1 atom stereocenters. The Kier molecular flexibility index (Phi) is 5.84. The van der Waals surface area contributed by atoms with E-state index in [9.17, 15) is 17.9 Å². The predicted octanol–water partition coefficient (Wildman–Crippen LogP) is 5.38. The van der Waals surface area contributed by atoms with Crippen molar-refractivity contribution in [3.63, 3.8) is 0 Å². The molecule has 0 heterocycles. The van der Waals surface area contributed by atoms with E-state index in [0.717, 1.165) is 11.1 Å². The lowest BCUT2D eigenvalue weighted by molar-refractivity contribution is 0.220. The SMILES string of the molecule is O=S(=O)(Nc1ccc(C(O)c2ccccc2)cc1)c1cccc(-c2ccc(F)cc2)c1. The third-order valence-corrected chi connectivity index (χ3v) is 6.29. The van der Waals surface area contributed by atoms with Crippen molar-refractivity contribution in [3.8, 4) is 11.1 Å². The Labute approximate surface area is 180 Å². The zero-order chi connectivity index (χ0) is 21.8. The molecular weight excluding hydrogens is 413 g/mol. The second-order valence-corrected chi connectivity index (χ2v) is 8.76. The smallest absolute Gasteiger partial charge is 0.261 e. The number of hydrogen-bond donors (Lipinski definition) is 2. The van der Waals surface area contributed by atoms with Gasteiger partial charge in [-0.15, -0.1) is 0 Å². The Morgan fingerprint density at radius 1 is 0.710 bits per heavy atom. The van der Waals surface area contributed by atoms with Crippen molar-refractivity contribution < 1.29 is 17.9 Å². The third kappa shape index (κ3) is 4.82. The molecule has 4 nitrogen and oxygen atoms in total. The second kappa shape index (κ2) is 8.71. The maximum absolute atomic E-state index is 13.2. The molecule has 0 amide bonds. The van der Waals surface area contributed by atoms with Crippen LogP contribution in [0.4, 0.5) is 10.1 Å². The largest absolute Gasteiger partial charge is 0.384 e. The third-order valence-electron chi connectivity index (χ3n) is 4.92. The maximum Gasteiger partial charge on any atom is 0.261 e. The molecule has 156 valence electrons. The van der Waals surface area contributed by atoms with Crippen molar-refractivity contribution in [2.45, 2.75) is 11.0 Å². The molecule has 0 bridgehead atoms. The summed E-state index contributed by atoms with van der Waals surface area (Å²) in [5.41, 5.74) is 3.19. The highest BCUT2D eigenvalue weighted by molar-refractivity contribution is 7.92. The van der Waals surface area contributed by atoms with Crippen LogP contribution in [0.25, 0.3) is 11.1 Å². The zero-order valence-corrected chi connectivity index (χ0v) is 17.3. The van der Waals surface area contributed by atoms with E-state index in [4.69, 9.17) is 0 Å². The normalized spacial score (nSPS) is 12.3. The number of benzene rings is 4. The fourth-order valence-corrected chi connectivity index (χ4v) is 4.36. The fourth-order valence-electron chi connectivity index (χ4n) is 3.26. The molecule has 0 radical (unpaired) electrons. The quantitative estimate of drug-likeness (QED) is 0.429. The van der Waals surface area contributed by atoms with Crippen LogP contribution in [-0.4, -0.2) is 13.5 Å². The minimum absolute atomic E-state index is 0.0997. The van der Waals surface area contributed by atoms with Gasteiger partial charge in [-0.1, -0.05) is 66.7 Å². The summed E-state index contributed by atoms with van der Waals surface area (Å²) in [6, 6.07) is 28.2. The number of nitrogens with one attached hydrogen (secondary N) is 1. The summed E-state index contributed by atoms with van der Waals surface area (Å²) >= 11 is 0. The standard InChI is InChI=1S/C25H20FNO3S/c26-22-13-9-18(10-14-22)21-7-4-8-24(17-21)31(29,30)27-23-15-11-20(12-16-23)25(28)19-5-2-1-3-6-19/h1-17,25,27-28H. The van der Waals surface area contributed by atoms with Gasteiger partial charge in [0.15, 0.2) is 0 Å². The highest BCUT2D eigenvalue weighted by atomic mass is 32.2. The number of halogens is 1. The average Bonchev–Trinajstić information content (AvgIpc) is 2.80. The zero-order valence-electron chi connectivity index (χ0n) is 16.4. The highest BCUT2D eigenvalue weighted by Crippen LogP contribution is 2.26. The summed E-state index contributed by atoms with van der Waals surface area (Å²) < 4.78 is 41.4. The molecule has 4 aromatic carbocycles. The first-order valence-electron chi connectivity index (χ1n) is 9.64. The Bertz CT molecular complexity index is 1270. The molecule has 0 aliphatic rings. The van der Waals surface area contributed by atoms with Gasteiger partial charge in [0, 0.05) is 5.69 Å². The van der Waals surface area contributed by atoms with E-state index in [1.807, 2.05) is 30.3 Å².